The predicted molar refractivity (Wildman–Crippen MR) is 170 cm³/mol. The van der Waals surface area contributed by atoms with Gasteiger partial charge in [-0.2, -0.15) is 0 Å². The van der Waals surface area contributed by atoms with Crippen LogP contribution in [0.1, 0.15) is 29.8 Å². The summed E-state index contributed by atoms with van der Waals surface area (Å²) in [7, 11) is 1.71. The molecule has 0 bridgehead atoms. The Hall–Kier alpha value is -4.96. The SMILES string of the molecule is C[C@H]1CN([C@@H](C)CO)C(=O)Cc2cc(NC(=O)c3ccncc3)ccc2O[C@H]1CN(C)C(=O)Nc1cccc2ccccc12. The van der Waals surface area contributed by atoms with Gasteiger partial charge in [0.2, 0.25) is 5.91 Å². The van der Waals surface area contributed by atoms with Gasteiger partial charge in [-0.15, -0.1) is 0 Å². The van der Waals surface area contributed by atoms with E-state index in [1.54, 1.807) is 66.5 Å². The molecule has 4 amide bonds. The molecule has 10 heteroatoms. The van der Waals surface area contributed by atoms with Crippen molar-refractivity contribution in [2.24, 2.45) is 5.92 Å². The molecule has 0 unspecified atom stereocenters. The topological polar surface area (TPSA) is 124 Å². The summed E-state index contributed by atoms with van der Waals surface area (Å²) in [6, 6.07) is 21.4. The Morgan fingerprint density at radius 3 is 2.59 bits per heavy atom. The zero-order valence-corrected chi connectivity index (χ0v) is 25.1. The van der Waals surface area contributed by atoms with Gasteiger partial charge in [0.25, 0.3) is 5.91 Å². The number of hydrogen-bond donors (Lipinski definition) is 3. The van der Waals surface area contributed by atoms with Crippen LogP contribution in [0.3, 0.4) is 0 Å². The van der Waals surface area contributed by atoms with Gasteiger partial charge in [0.15, 0.2) is 0 Å². The van der Waals surface area contributed by atoms with E-state index in [1.165, 1.54) is 0 Å². The van der Waals surface area contributed by atoms with E-state index in [-0.39, 0.29) is 43.3 Å². The third-order valence-electron chi connectivity index (χ3n) is 7.95. The summed E-state index contributed by atoms with van der Waals surface area (Å²) >= 11 is 0. The average Bonchev–Trinajstić information content (AvgIpc) is 3.08. The van der Waals surface area contributed by atoms with Gasteiger partial charge in [-0.25, -0.2) is 4.79 Å². The Balaban J connectivity index is 1.39. The highest BCUT2D eigenvalue weighted by molar-refractivity contribution is 6.04. The van der Waals surface area contributed by atoms with Crippen molar-refractivity contribution in [2.75, 3.05) is 37.4 Å². The van der Waals surface area contributed by atoms with Gasteiger partial charge in [-0.05, 0) is 48.7 Å². The highest BCUT2D eigenvalue weighted by atomic mass is 16.5. The third-order valence-corrected chi connectivity index (χ3v) is 7.95. The number of benzene rings is 3. The standard InChI is InChI=1S/C34H37N5O5/c1-22-19-39(23(2)21-40)32(41)18-26-17-27(36-33(42)25-13-15-35-16-14-25)11-12-30(26)44-31(22)20-38(3)34(43)37-29-10-6-8-24-7-4-5-9-28(24)29/h4-17,22-23,31,40H,18-21H2,1-3H3,(H,36,42)(H,37,43)/t22-,23-,31-/m0/s1. The monoisotopic (exact) mass is 595 g/mol. The van der Waals surface area contributed by atoms with Gasteiger partial charge in [0.05, 0.1) is 31.3 Å². The summed E-state index contributed by atoms with van der Waals surface area (Å²) in [5.74, 6) is -0.150. The number of pyridine rings is 1. The van der Waals surface area contributed by atoms with Crippen LogP contribution in [-0.2, 0) is 11.2 Å². The van der Waals surface area contributed by atoms with Crippen LogP contribution < -0.4 is 15.4 Å². The molecule has 0 saturated heterocycles. The van der Waals surface area contributed by atoms with Gasteiger partial charge in [0, 0.05) is 54.1 Å². The lowest BCUT2D eigenvalue weighted by atomic mass is 10.0. The molecule has 0 radical (unpaired) electrons. The van der Waals surface area contributed by atoms with E-state index in [0.717, 1.165) is 10.8 Å². The molecule has 0 fully saturated rings. The number of nitrogens with one attached hydrogen (secondary N) is 2. The molecule has 44 heavy (non-hydrogen) atoms. The molecule has 10 nitrogen and oxygen atoms in total. The first-order chi connectivity index (χ1) is 21.2. The molecular weight excluding hydrogens is 558 g/mol. The quantitative estimate of drug-likeness (QED) is 0.282. The van der Waals surface area contributed by atoms with Crippen LogP contribution in [0, 0.1) is 5.92 Å². The van der Waals surface area contributed by atoms with Crippen molar-refractivity contribution in [1.29, 1.82) is 0 Å². The number of ether oxygens (including phenoxy) is 1. The number of rotatable bonds is 7. The zero-order chi connectivity index (χ0) is 31.2. The number of amides is 4. The first kappa shape index (κ1) is 30.5. The number of aromatic nitrogens is 1. The molecule has 3 aromatic carbocycles. The summed E-state index contributed by atoms with van der Waals surface area (Å²) in [6.45, 7) is 4.16. The number of urea groups is 1. The van der Waals surface area contributed by atoms with E-state index in [0.29, 0.717) is 34.8 Å². The third kappa shape index (κ3) is 6.98. The second kappa shape index (κ2) is 13.6. The molecule has 0 aliphatic carbocycles. The summed E-state index contributed by atoms with van der Waals surface area (Å²) in [6.07, 6.45) is 2.63. The predicted octanol–water partition coefficient (Wildman–Crippen LogP) is 4.80. The van der Waals surface area contributed by atoms with Crippen molar-refractivity contribution in [3.63, 3.8) is 0 Å². The number of carbonyl (C=O) groups is 3. The second-order valence-corrected chi connectivity index (χ2v) is 11.2. The zero-order valence-electron chi connectivity index (χ0n) is 25.1. The Morgan fingerprint density at radius 1 is 1.07 bits per heavy atom. The van der Waals surface area contributed by atoms with E-state index in [4.69, 9.17) is 4.74 Å². The fourth-order valence-corrected chi connectivity index (χ4v) is 5.33. The van der Waals surface area contributed by atoms with E-state index >= 15 is 0 Å². The van der Waals surface area contributed by atoms with Crippen LogP contribution in [-0.4, -0.2) is 76.6 Å². The number of carbonyl (C=O) groups excluding carboxylic acids is 3. The summed E-state index contributed by atoms with van der Waals surface area (Å²) in [5, 5.41) is 17.8. The summed E-state index contributed by atoms with van der Waals surface area (Å²) in [4.78, 5) is 46.8. The molecule has 3 atom stereocenters. The number of hydrogen-bond acceptors (Lipinski definition) is 6. The van der Waals surface area contributed by atoms with Crippen LogP contribution in [0.5, 0.6) is 5.75 Å². The molecule has 0 spiro atoms. The molecule has 1 aromatic heterocycles. The van der Waals surface area contributed by atoms with Crippen LogP contribution >= 0.6 is 0 Å². The van der Waals surface area contributed by atoms with Crippen molar-refractivity contribution in [3.05, 3.63) is 96.3 Å². The van der Waals surface area contributed by atoms with Crippen LogP contribution in [0.15, 0.2) is 85.2 Å². The average molecular weight is 596 g/mol. The Labute approximate surface area is 256 Å². The number of aliphatic hydroxyl groups excluding tert-OH is 1. The maximum absolute atomic E-state index is 13.5. The van der Waals surface area contributed by atoms with E-state index in [1.807, 2.05) is 49.4 Å². The minimum atomic E-state index is -0.478. The van der Waals surface area contributed by atoms with E-state index in [2.05, 4.69) is 15.6 Å². The lowest BCUT2D eigenvalue weighted by molar-refractivity contribution is -0.134. The van der Waals surface area contributed by atoms with Crippen LogP contribution in [0.2, 0.25) is 0 Å². The minimum absolute atomic E-state index is 0.0233. The number of likely N-dealkylation sites (N-methyl/N-ethyl adjacent to an activating group) is 1. The van der Waals surface area contributed by atoms with E-state index < -0.39 is 12.1 Å². The minimum Gasteiger partial charge on any atom is -0.488 e. The maximum atomic E-state index is 13.5. The van der Waals surface area contributed by atoms with E-state index in [9.17, 15) is 19.5 Å². The van der Waals surface area contributed by atoms with Gasteiger partial charge >= 0.3 is 6.03 Å². The first-order valence-corrected chi connectivity index (χ1v) is 14.6. The van der Waals surface area contributed by atoms with Gasteiger partial charge in [-0.3, -0.25) is 14.6 Å². The van der Waals surface area contributed by atoms with Gasteiger partial charge < -0.3 is 30.3 Å². The Kier molecular flexibility index (Phi) is 9.40. The molecule has 0 saturated carbocycles. The molecule has 4 aromatic rings. The second-order valence-electron chi connectivity index (χ2n) is 11.2. The van der Waals surface area contributed by atoms with Crippen molar-refractivity contribution in [2.45, 2.75) is 32.4 Å². The lowest BCUT2D eigenvalue weighted by Gasteiger charge is -2.34. The fourth-order valence-electron chi connectivity index (χ4n) is 5.33. The van der Waals surface area contributed by atoms with Crippen molar-refractivity contribution >= 4 is 40.0 Å². The van der Waals surface area contributed by atoms with Crippen molar-refractivity contribution < 1.29 is 24.2 Å². The summed E-state index contributed by atoms with van der Waals surface area (Å²) in [5.41, 5.74) is 2.28. The van der Waals surface area contributed by atoms with Gasteiger partial charge in [0.1, 0.15) is 11.9 Å². The number of anilines is 2. The molecule has 2 heterocycles. The molecule has 1 aliphatic rings. The van der Waals surface area contributed by atoms with Crippen molar-refractivity contribution in [3.8, 4) is 5.75 Å². The van der Waals surface area contributed by atoms with Crippen molar-refractivity contribution in [1.82, 2.24) is 14.8 Å². The highest BCUT2D eigenvalue weighted by Gasteiger charge is 2.32. The van der Waals surface area contributed by atoms with Crippen LogP contribution in [0.25, 0.3) is 10.8 Å². The molecular formula is C34H37N5O5. The maximum Gasteiger partial charge on any atom is 0.321 e. The largest absolute Gasteiger partial charge is 0.488 e. The normalized spacial score (nSPS) is 17.4. The molecule has 228 valence electrons. The molecule has 5 rings (SSSR count). The summed E-state index contributed by atoms with van der Waals surface area (Å²) < 4.78 is 6.54. The lowest BCUT2D eigenvalue weighted by Crippen LogP contribution is -2.48. The first-order valence-electron chi connectivity index (χ1n) is 14.6. The number of nitrogens with zero attached hydrogens (tertiary/aromatic N) is 3. The molecule has 1 aliphatic heterocycles. The Morgan fingerprint density at radius 2 is 1.82 bits per heavy atom. The number of fused-ring (bicyclic) bond motifs is 2. The number of aliphatic hydroxyl groups is 1. The smallest absolute Gasteiger partial charge is 0.321 e. The highest BCUT2D eigenvalue weighted by Crippen LogP contribution is 2.30. The molecule has 3 N–H and O–H groups in total. The fraction of sp³-hybridized carbons (Fsp3) is 0.294. The van der Waals surface area contributed by atoms with Gasteiger partial charge in [-0.1, -0.05) is 43.3 Å². The van der Waals surface area contributed by atoms with Crippen LogP contribution in [0.4, 0.5) is 16.2 Å². The Bertz CT molecular complexity index is 1640.